The maximum atomic E-state index is 14.0. The summed E-state index contributed by atoms with van der Waals surface area (Å²) in [6, 6.07) is 3.39. The van der Waals surface area contributed by atoms with Crippen LogP contribution >= 0.6 is 0 Å². The predicted octanol–water partition coefficient (Wildman–Crippen LogP) is 0.0684. The van der Waals surface area contributed by atoms with Crippen LogP contribution in [0.5, 0.6) is 0 Å². The third-order valence-corrected chi connectivity index (χ3v) is 6.63. The van der Waals surface area contributed by atoms with E-state index in [2.05, 4.69) is 20.4 Å². The van der Waals surface area contributed by atoms with Crippen LogP contribution in [0.4, 0.5) is 10.1 Å². The van der Waals surface area contributed by atoms with Gasteiger partial charge in [0, 0.05) is 57.9 Å². The van der Waals surface area contributed by atoms with Crippen molar-refractivity contribution >= 4 is 23.4 Å². The number of imide groups is 1. The normalized spacial score (nSPS) is 23.8. The third-order valence-electron chi connectivity index (χ3n) is 6.63. The molecular weight excluding hydrogens is 415 g/mol. The SMILES string of the molecule is NN1CCC(CN2CCN(c3ccc(F)cc3C(=O)NC3CCC(=O)NC3=O)CC2)CC1. The number of rotatable bonds is 5. The molecule has 9 nitrogen and oxygen atoms in total. The zero-order valence-corrected chi connectivity index (χ0v) is 18.2. The van der Waals surface area contributed by atoms with Gasteiger partial charge in [0.25, 0.3) is 5.91 Å². The van der Waals surface area contributed by atoms with Gasteiger partial charge in [0.1, 0.15) is 11.9 Å². The number of nitrogens with two attached hydrogens (primary N) is 1. The Hall–Kier alpha value is -2.56. The molecule has 4 N–H and O–H groups in total. The van der Waals surface area contributed by atoms with Crippen LogP contribution in [-0.2, 0) is 9.59 Å². The Bertz CT molecular complexity index is 865. The van der Waals surface area contributed by atoms with Gasteiger partial charge in [-0.05, 0) is 43.4 Å². The molecule has 3 saturated heterocycles. The molecule has 1 aromatic carbocycles. The van der Waals surface area contributed by atoms with E-state index in [1.54, 1.807) is 6.07 Å². The number of amides is 3. The maximum Gasteiger partial charge on any atom is 0.254 e. The molecule has 1 aromatic rings. The van der Waals surface area contributed by atoms with Crippen LogP contribution in [0.15, 0.2) is 18.2 Å². The fourth-order valence-electron chi connectivity index (χ4n) is 4.71. The molecule has 3 aliphatic heterocycles. The second-order valence-electron chi connectivity index (χ2n) is 8.91. The van der Waals surface area contributed by atoms with Gasteiger partial charge >= 0.3 is 0 Å². The molecule has 3 heterocycles. The molecule has 0 aromatic heterocycles. The minimum absolute atomic E-state index is 0.166. The summed E-state index contributed by atoms with van der Waals surface area (Å²) in [7, 11) is 0. The minimum Gasteiger partial charge on any atom is -0.368 e. The number of benzene rings is 1. The fourth-order valence-corrected chi connectivity index (χ4v) is 4.71. The van der Waals surface area contributed by atoms with E-state index in [0.29, 0.717) is 11.6 Å². The van der Waals surface area contributed by atoms with Crippen molar-refractivity contribution in [1.82, 2.24) is 20.5 Å². The maximum absolute atomic E-state index is 14.0. The summed E-state index contributed by atoms with van der Waals surface area (Å²) in [6.45, 7) is 6.13. The molecule has 0 aliphatic carbocycles. The van der Waals surface area contributed by atoms with Crippen LogP contribution in [0.1, 0.15) is 36.0 Å². The van der Waals surface area contributed by atoms with Gasteiger partial charge in [-0.3, -0.25) is 30.4 Å². The lowest BCUT2D eigenvalue weighted by Gasteiger charge is -2.39. The first kappa shape index (κ1) is 22.6. The zero-order valence-electron chi connectivity index (χ0n) is 18.2. The molecule has 3 fully saturated rings. The summed E-state index contributed by atoms with van der Waals surface area (Å²) < 4.78 is 14.0. The van der Waals surface area contributed by atoms with Crippen molar-refractivity contribution in [3.05, 3.63) is 29.6 Å². The number of hydrazine groups is 1. The summed E-state index contributed by atoms with van der Waals surface area (Å²) in [4.78, 5) is 40.8. The Morgan fingerprint density at radius 3 is 2.50 bits per heavy atom. The first-order valence-corrected chi connectivity index (χ1v) is 11.3. The van der Waals surface area contributed by atoms with Gasteiger partial charge in [-0.1, -0.05) is 0 Å². The van der Waals surface area contributed by atoms with Crippen LogP contribution in [0.2, 0.25) is 0 Å². The average Bonchev–Trinajstić information content (AvgIpc) is 2.78. The molecule has 0 bridgehead atoms. The Morgan fingerprint density at radius 2 is 1.81 bits per heavy atom. The van der Waals surface area contributed by atoms with E-state index < -0.39 is 23.7 Å². The van der Waals surface area contributed by atoms with E-state index in [0.717, 1.165) is 58.7 Å². The summed E-state index contributed by atoms with van der Waals surface area (Å²) in [5, 5.41) is 6.76. The molecule has 0 radical (unpaired) electrons. The zero-order chi connectivity index (χ0) is 22.7. The highest BCUT2D eigenvalue weighted by atomic mass is 19.1. The number of hydrogen-bond donors (Lipinski definition) is 3. The van der Waals surface area contributed by atoms with Crippen molar-refractivity contribution in [2.24, 2.45) is 11.8 Å². The van der Waals surface area contributed by atoms with Gasteiger partial charge in [-0.2, -0.15) is 0 Å². The van der Waals surface area contributed by atoms with E-state index in [-0.39, 0.29) is 24.3 Å². The number of carbonyl (C=O) groups is 3. The van der Waals surface area contributed by atoms with Crippen LogP contribution in [0, 0.1) is 11.7 Å². The van der Waals surface area contributed by atoms with Crippen molar-refractivity contribution in [2.75, 3.05) is 50.7 Å². The lowest BCUT2D eigenvalue weighted by molar-refractivity contribution is -0.134. The molecular formula is C22H31FN6O3. The number of anilines is 1. The first-order valence-electron chi connectivity index (χ1n) is 11.3. The Labute approximate surface area is 187 Å². The average molecular weight is 447 g/mol. The quantitative estimate of drug-likeness (QED) is 0.434. The van der Waals surface area contributed by atoms with Gasteiger partial charge in [0.2, 0.25) is 11.8 Å². The van der Waals surface area contributed by atoms with E-state index in [1.165, 1.54) is 12.1 Å². The van der Waals surface area contributed by atoms with Crippen molar-refractivity contribution in [3.8, 4) is 0 Å². The number of nitrogens with zero attached hydrogens (tertiary/aromatic N) is 3. The molecule has 1 unspecified atom stereocenters. The number of hydrogen-bond acceptors (Lipinski definition) is 7. The molecule has 10 heteroatoms. The monoisotopic (exact) mass is 446 g/mol. The lowest BCUT2D eigenvalue weighted by atomic mass is 9.97. The number of piperidine rings is 2. The summed E-state index contributed by atoms with van der Waals surface area (Å²) in [5.74, 6) is 4.61. The molecule has 32 heavy (non-hydrogen) atoms. The van der Waals surface area contributed by atoms with Gasteiger partial charge in [0.15, 0.2) is 0 Å². The van der Waals surface area contributed by atoms with Gasteiger partial charge in [0.05, 0.1) is 5.56 Å². The van der Waals surface area contributed by atoms with E-state index in [9.17, 15) is 18.8 Å². The molecule has 0 spiro atoms. The second kappa shape index (κ2) is 9.93. The van der Waals surface area contributed by atoms with Gasteiger partial charge in [-0.25, -0.2) is 9.40 Å². The lowest BCUT2D eigenvalue weighted by Crippen LogP contribution is -2.52. The second-order valence-corrected chi connectivity index (χ2v) is 8.91. The van der Waals surface area contributed by atoms with E-state index in [4.69, 9.17) is 5.84 Å². The Morgan fingerprint density at radius 1 is 1.09 bits per heavy atom. The molecule has 3 amide bonds. The first-order chi connectivity index (χ1) is 15.4. The van der Waals surface area contributed by atoms with Crippen LogP contribution in [0.3, 0.4) is 0 Å². The molecule has 1 atom stereocenters. The van der Waals surface area contributed by atoms with Crippen LogP contribution < -0.4 is 21.4 Å². The van der Waals surface area contributed by atoms with Crippen LogP contribution in [0.25, 0.3) is 0 Å². The van der Waals surface area contributed by atoms with Crippen molar-refractivity contribution in [1.29, 1.82) is 0 Å². The molecule has 0 saturated carbocycles. The highest BCUT2D eigenvalue weighted by molar-refractivity contribution is 6.05. The molecule has 4 rings (SSSR count). The smallest absolute Gasteiger partial charge is 0.254 e. The van der Waals surface area contributed by atoms with Crippen molar-refractivity contribution < 1.29 is 18.8 Å². The summed E-state index contributed by atoms with van der Waals surface area (Å²) >= 11 is 0. The van der Waals surface area contributed by atoms with E-state index in [1.807, 2.05) is 5.01 Å². The van der Waals surface area contributed by atoms with E-state index >= 15 is 0 Å². The highest BCUT2D eigenvalue weighted by Crippen LogP contribution is 2.25. The molecule has 174 valence electrons. The highest BCUT2D eigenvalue weighted by Gasteiger charge is 2.30. The van der Waals surface area contributed by atoms with Gasteiger partial charge < -0.3 is 10.2 Å². The van der Waals surface area contributed by atoms with Crippen LogP contribution in [-0.4, -0.2) is 79.5 Å². The van der Waals surface area contributed by atoms with Crippen molar-refractivity contribution in [3.63, 3.8) is 0 Å². The van der Waals surface area contributed by atoms with Crippen molar-refractivity contribution in [2.45, 2.75) is 31.7 Å². The minimum atomic E-state index is -0.798. The van der Waals surface area contributed by atoms with Gasteiger partial charge in [-0.15, -0.1) is 0 Å². The largest absolute Gasteiger partial charge is 0.368 e. The predicted molar refractivity (Wildman–Crippen MR) is 117 cm³/mol. The number of halogens is 1. The number of nitrogens with one attached hydrogen (secondary N) is 2. The summed E-state index contributed by atoms with van der Waals surface area (Å²) in [6.07, 6.45) is 2.63. The fraction of sp³-hybridized carbons (Fsp3) is 0.591. The Balaban J connectivity index is 1.37. The topological polar surface area (TPSA) is 111 Å². The number of piperazine rings is 1. The third kappa shape index (κ3) is 5.43. The summed E-state index contributed by atoms with van der Waals surface area (Å²) in [5.41, 5.74) is 0.866. The Kier molecular flexibility index (Phi) is 7.02. The number of carbonyl (C=O) groups excluding carboxylic acids is 3. The molecule has 3 aliphatic rings. The standard InChI is InChI=1S/C22H31FN6O3/c23-16-1-3-19(17(13-16)21(31)25-18-2-4-20(30)26-22(18)32)28-11-9-27(10-12-28)14-15-5-7-29(24)8-6-15/h1,3,13,15,18H,2,4-12,14,24H2,(H,25,31)(H,26,30,32).